The molecule has 0 aliphatic heterocycles. The van der Waals surface area contributed by atoms with Gasteiger partial charge < -0.3 is 0 Å². The quantitative estimate of drug-likeness (QED) is 0.696. The molecule has 1 aromatic carbocycles. The van der Waals surface area contributed by atoms with Gasteiger partial charge in [-0.05, 0) is 23.7 Å². The topological polar surface area (TPSA) is 17.1 Å². The van der Waals surface area contributed by atoms with Gasteiger partial charge in [0.2, 0.25) is 0 Å². The molecule has 7 heteroatoms. The third kappa shape index (κ3) is 2.56. The molecule has 0 fully saturated rings. The van der Waals surface area contributed by atoms with E-state index in [2.05, 4.69) is 0 Å². The number of alkyl halides is 3. The Balaban J connectivity index is 3.41. The van der Waals surface area contributed by atoms with Crippen molar-refractivity contribution in [3.05, 3.63) is 33.3 Å². The van der Waals surface area contributed by atoms with E-state index in [0.717, 1.165) is 6.07 Å². The van der Waals surface area contributed by atoms with E-state index in [1.54, 1.807) is 0 Å². The molecule has 0 aromatic heterocycles. The molecule has 0 bridgehead atoms. The molecule has 1 nitrogen and oxygen atoms in total. The van der Waals surface area contributed by atoms with Crippen LogP contribution in [0.25, 0.3) is 0 Å². The van der Waals surface area contributed by atoms with Gasteiger partial charge >= 0.3 is 6.18 Å². The second-order valence-electron chi connectivity index (χ2n) is 2.56. The van der Waals surface area contributed by atoms with E-state index in [-0.39, 0.29) is 5.56 Å². The Labute approximate surface area is 97.7 Å². The van der Waals surface area contributed by atoms with Gasteiger partial charge in [0.15, 0.2) is 0 Å². The van der Waals surface area contributed by atoms with Gasteiger partial charge in [-0.1, -0.05) is 23.2 Å². The molecular formula is C8H2Cl3F3O. The van der Waals surface area contributed by atoms with Gasteiger partial charge in [-0.15, -0.1) is 0 Å². The number of hydrogen-bond donors (Lipinski definition) is 0. The summed E-state index contributed by atoms with van der Waals surface area (Å²) in [5.41, 5.74) is -1.35. The van der Waals surface area contributed by atoms with Crippen LogP contribution in [0.4, 0.5) is 13.2 Å². The van der Waals surface area contributed by atoms with E-state index < -0.39 is 27.0 Å². The van der Waals surface area contributed by atoms with E-state index in [1.165, 1.54) is 0 Å². The maximum Gasteiger partial charge on any atom is 0.417 e. The van der Waals surface area contributed by atoms with Gasteiger partial charge in [-0.3, -0.25) is 4.79 Å². The van der Waals surface area contributed by atoms with Crippen LogP contribution in [0.3, 0.4) is 0 Å². The van der Waals surface area contributed by atoms with Crippen LogP contribution in [0.2, 0.25) is 10.0 Å². The van der Waals surface area contributed by atoms with Gasteiger partial charge in [-0.2, -0.15) is 13.2 Å². The summed E-state index contributed by atoms with van der Waals surface area (Å²) in [6, 6.07) is 1.54. The Morgan fingerprint density at radius 1 is 1.13 bits per heavy atom. The van der Waals surface area contributed by atoms with Crippen molar-refractivity contribution in [1.29, 1.82) is 0 Å². The summed E-state index contributed by atoms with van der Waals surface area (Å²) in [6.45, 7) is 0. The fourth-order valence-electron chi connectivity index (χ4n) is 0.920. The van der Waals surface area contributed by atoms with Crippen LogP contribution in [0.1, 0.15) is 15.9 Å². The molecule has 0 N–H and O–H groups in total. The number of hydrogen-bond acceptors (Lipinski definition) is 1. The first-order valence-corrected chi connectivity index (χ1v) is 4.63. The van der Waals surface area contributed by atoms with Crippen molar-refractivity contribution in [2.75, 3.05) is 0 Å². The lowest BCUT2D eigenvalue weighted by atomic mass is 10.1. The van der Waals surface area contributed by atoms with Crippen molar-refractivity contribution < 1.29 is 18.0 Å². The van der Waals surface area contributed by atoms with Crippen molar-refractivity contribution in [3.8, 4) is 0 Å². The molecule has 0 heterocycles. The maximum atomic E-state index is 12.3. The molecule has 0 radical (unpaired) electrons. The third-order valence-electron chi connectivity index (χ3n) is 1.60. The highest BCUT2D eigenvalue weighted by atomic mass is 35.5. The van der Waals surface area contributed by atoms with Crippen LogP contribution < -0.4 is 0 Å². The minimum Gasteiger partial charge on any atom is -0.276 e. The predicted molar refractivity (Wildman–Crippen MR) is 51.6 cm³/mol. The molecule has 1 aromatic rings. The summed E-state index contributed by atoms with van der Waals surface area (Å²) >= 11 is 15.9. The Morgan fingerprint density at radius 2 is 1.67 bits per heavy atom. The van der Waals surface area contributed by atoms with E-state index in [9.17, 15) is 18.0 Å². The largest absolute Gasteiger partial charge is 0.417 e. The van der Waals surface area contributed by atoms with Crippen molar-refractivity contribution in [2.45, 2.75) is 6.18 Å². The molecule has 0 saturated carbocycles. The normalized spacial score (nSPS) is 11.6. The first-order valence-electron chi connectivity index (χ1n) is 3.50. The third-order valence-corrected chi connectivity index (χ3v) is 2.68. The van der Waals surface area contributed by atoms with Crippen LogP contribution in [0.5, 0.6) is 0 Å². The first kappa shape index (κ1) is 12.6. The summed E-state index contributed by atoms with van der Waals surface area (Å²) in [5.74, 6) is 0. The molecular weight excluding hydrogens is 275 g/mol. The standard InChI is InChI=1S/C8H2Cl3F3O/c9-5-3(7(11)15)1-2-4(6(5)10)8(12,13)14/h1-2H. The van der Waals surface area contributed by atoms with Crippen LogP contribution in [-0.2, 0) is 6.18 Å². The zero-order valence-electron chi connectivity index (χ0n) is 6.83. The fourth-order valence-corrected chi connectivity index (χ4v) is 1.65. The Hall–Kier alpha value is -0.450. The average Bonchev–Trinajstić information content (AvgIpc) is 2.06. The molecule has 0 spiro atoms. The zero-order valence-corrected chi connectivity index (χ0v) is 9.10. The van der Waals surface area contributed by atoms with Crippen LogP contribution >= 0.6 is 34.8 Å². The van der Waals surface area contributed by atoms with Gasteiger partial charge in [-0.25, -0.2) is 0 Å². The molecule has 0 unspecified atom stereocenters. The van der Waals surface area contributed by atoms with Crippen molar-refractivity contribution in [3.63, 3.8) is 0 Å². The predicted octanol–water partition coefficient (Wildman–Crippen LogP) is 4.39. The summed E-state index contributed by atoms with van der Waals surface area (Å²) in [4.78, 5) is 10.7. The van der Waals surface area contributed by atoms with Gasteiger partial charge in [0.05, 0.1) is 21.2 Å². The molecule has 1 rings (SSSR count). The minimum atomic E-state index is -4.62. The number of carbonyl (C=O) groups is 1. The Kier molecular flexibility index (Phi) is 3.53. The highest BCUT2D eigenvalue weighted by Gasteiger charge is 2.34. The van der Waals surface area contributed by atoms with Crippen molar-refractivity contribution >= 4 is 40.0 Å². The Morgan fingerprint density at radius 3 is 2.07 bits per heavy atom. The maximum absolute atomic E-state index is 12.3. The first-order chi connectivity index (χ1) is 6.75. The average molecular weight is 277 g/mol. The molecule has 0 amide bonds. The molecule has 0 saturated heterocycles. The Bertz CT molecular complexity index is 414. The van der Waals surface area contributed by atoms with Crippen LogP contribution in [-0.4, -0.2) is 5.24 Å². The number of halogens is 6. The van der Waals surface area contributed by atoms with Gasteiger partial charge in [0.1, 0.15) is 0 Å². The monoisotopic (exact) mass is 276 g/mol. The van der Waals surface area contributed by atoms with Crippen molar-refractivity contribution in [1.82, 2.24) is 0 Å². The number of benzene rings is 1. The van der Waals surface area contributed by atoms with Gasteiger partial charge in [0.25, 0.3) is 5.24 Å². The molecule has 82 valence electrons. The molecule has 0 aliphatic rings. The number of carbonyl (C=O) groups excluding carboxylic acids is 1. The van der Waals surface area contributed by atoms with E-state index in [4.69, 9.17) is 34.8 Å². The van der Waals surface area contributed by atoms with E-state index in [1.807, 2.05) is 0 Å². The highest BCUT2D eigenvalue weighted by Crippen LogP contribution is 2.39. The smallest absolute Gasteiger partial charge is 0.276 e. The summed E-state index contributed by atoms with van der Waals surface area (Å²) in [7, 11) is 0. The van der Waals surface area contributed by atoms with Crippen molar-refractivity contribution in [2.24, 2.45) is 0 Å². The molecule has 15 heavy (non-hydrogen) atoms. The summed E-state index contributed by atoms with van der Waals surface area (Å²) < 4.78 is 36.9. The molecule has 0 aliphatic carbocycles. The fraction of sp³-hybridized carbons (Fsp3) is 0.125. The zero-order chi connectivity index (χ0) is 11.8. The number of rotatable bonds is 1. The lowest BCUT2D eigenvalue weighted by molar-refractivity contribution is -0.137. The van der Waals surface area contributed by atoms with E-state index in [0.29, 0.717) is 6.07 Å². The summed E-state index contributed by atoms with van der Waals surface area (Å²) in [6.07, 6.45) is -4.62. The summed E-state index contributed by atoms with van der Waals surface area (Å²) in [5, 5.41) is -2.18. The van der Waals surface area contributed by atoms with Gasteiger partial charge in [0, 0.05) is 0 Å². The lowest BCUT2D eigenvalue weighted by Gasteiger charge is -2.10. The lowest BCUT2D eigenvalue weighted by Crippen LogP contribution is -2.07. The van der Waals surface area contributed by atoms with E-state index >= 15 is 0 Å². The molecule has 0 atom stereocenters. The highest BCUT2D eigenvalue weighted by molar-refractivity contribution is 6.69. The minimum absolute atomic E-state index is 0.253. The second kappa shape index (κ2) is 4.20. The second-order valence-corrected chi connectivity index (χ2v) is 3.66. The van der Waals surface area contributed by atoms with Crippen LogP contribution in [0.15, 0.2) is 12.1 Å². The SMILES string of the molecule is O=C(Cl)c1ccc(C(F)(F)F)c(Cl)c1Cl. The van der Waals surface area contributed by atoms with Crippen LogP contribution in [0, 0.1) is 0 Å².